The Morgan fingerprint density at radius 1 is 1.25 bits per heavy atom. The molecule has 0 bridgehead atoms. The summed E-state index contributed by atoms with van der Waals surface area (Å²) in [6, 6.07) is 0. The molecule has 0 aliphatic heterocycles. The van der Waals surface area contributed by atoms with E-state index in [-0.39, 0.29) is 11.5 Å². The summed E-state index contributed by atoms with van der Waals surface area (Å²) in [6.07, 6.45) is 8.24. The van der Waals surface area contributed by atoms with Crippen LogP contribution in [-0.2, 0) is 4.79 Å². The standard InChI is InChI=1S/C18H28O2/c1-11-15-6-4-13-10-14(20)5-7-16(13)17(15)8-9-18(11,3)12(2)19/h10-12,15-17,19H,4-9H2,1-3H3/t11?,12-,15?,16?,17?,18?/m0/s1. The molecule has 0 amide bonds. The number of allylic oxidation sites excluding steroid dienone is 2. The third kappa shape index (κ3) is 2.07. The Labute approximate surface area is 122 Å². The van der Waals surface area contributed by atoms with Crippen molar-refractivity contribution in [1.29, 1.82) is 0 Å². The van der Waals surface area contributed by atoms with Crippen molar-refractivity contribution in [3.8, 4) is 0 Å². The quantitative estimate of drug-likeness (QED) is 0.792. The molecule has 2 heteroatoms. The lowest BCUT2D eigenvalue weighted by atomic mass is 9.51. The summed E-state index contributed by atoms with van der Waals surface area (Å²) in [7, 11) is 0. The van der Waals surface area contributed by atoms with Crippen molar-refractivity contribution >= 4 is 5.78 Å². The Morgan fingerprint density at radius 2 is 2.00 bits per heavy atom. The number of hydrogen-bond donors (Lipinski definition) is 1. The van der Waals surface area contributed by atoms with Gasteiger partial charge in [-0.2, -0.15) is 0 Å². The molecule has 0 aromatic carbocycles. The SMILES string of the molecule is CC1C2CCC3=CC(=O)CCC3C2CCC1(C)[C@H](C)O. The zero-order valence-corrected chi connectivity index (χ0v) is 13.1. The van der Waals surface area contributed by atoms with Crippen molar-refractivity contribution in [2.24, 2.45) is 29.1 Å². The van der Waals surface area contributed by atoms with Gasteiger partial charge in [-0.25, -0.2) is 0 Å². The summed E-state index contributed by atoms with van der Waals surface area (Å²) < 4.78 is 0. The molecule has 3 rings (SSSR count). The number of aliphatic hydroxyl groups is 1. The van der Waals surface area contributed by atoms with E-state index >= 15 is 0 Å². The summed E-state index contributed by atoms with van der Waals surface area (Å²) in [4.78, 5) is 11.6. The molecular formula is C18H28O2. The third-order valence-electron chi connectivity index (χ3n) is 7.01. The lowest BCUT2D eigenvalue weighted by Crippen LogP contribution is -2.49. The maximum atomic E-state index is 11.6. The fourth-order valence-corrected chi connectivity index (χ4v) is 5.28. The van der Waals surface area contributed by atoms with Crippen molar-refractivity contribution in [3.63, 3.8) is 0 Å². The fraction of sp³-hybridized carbons (Fsp3) is 0.833. The molecule has 112 valence electrons. The first-order valence-electron chi connectivity index (χ1n) is 8.35. The zero-order valence-electron chi connectivity index (χ0n) is 13.1. The van der Waals surface area contributed by atoms with E-state index in [1.807, 2.05) is 13.0 Å². The second-order valence-electron chi connectivity index (χ2n) is 7.71. The fourth-order valence-electron chi connectivity index (χ4n) is 5.28. The first-order chi connectivity index (χ1) is 9.43. The van der Waals surface area contributed by atoms with E-state index in [4.69, 9.17) is 0 Å². The maximum absolute atomic E-state index is 11.6. The molecule has 3 aliphatic carbocycles. The van der Waals surface area contributed by atoms with E-state index < -0.39 is 0 Å². The van der Waals surface area contributed by atoms with E-state index in [1.54, 1.807) is 0 Å². The Morgan fingerprint density at radius 3 is 2.70 bits per heavy atom. The number of ketones is 1. The molecular weight excluding hydrogens is 248 g/mol. The van der Waals surface area contributed by atoms with Crippen LogP contribution >= 0.6 is 0 Å². The van der Waals surface area contributed by atoms with Gasteiger partial charge in [-0.3, -0.25) is 4.79 Å². The van der Waals surface area contributed by atoms with Gasteiger partial charge in [-0.05, 0) is 74.2 Å². The van der Waals surface area contributed by atoms with Gasteiger partial charge in [0.25, 0.3) is 0 Å². The molecule has 0 spiro atoms. The molecule has 0 saturated heterocycles. The zero-order chi connectivity index (χ0) is 14.5. The van der Waals surface area contributed by atoms with Crippen LogP contribution < -0.4 is 0 Å². The van der Waals surface area contributed by atoms with Crippen LogP contribution in [0.3, 0.4) is 0 Å². The molecule has 20 heavy (non-hydrogen) atoms. The number of carbonyl (C=O) groups is 1. The first kappa shape index (κ1) is 14.3. The summed E-state index contributed by atoms with van der Waals surface area (Å²) in [6.45, 7) is 6.59. The smallest absolute Gasteiger partial charge is 0.155 e. The minimum absolute atomic E-state index is 0.0763. The van der Waals surface area contributed by atoms with E-state index in [9.17, 15) is 9.90 Å². The number of carbonyl (C=O) groups excluding carboxylic acids is 1. The van der Waals surface area contributed by atoms with Crippen LogP contribution in [-0.4, -0.2) is 17.0 Å². The van der Waals surface area contributed by atoms with Gasteiger partial charge in [0.05, 0.1) is 6.10 Å². The monoisotopic (exact) mass is 276 g/mol. The summed E-state index contributed by atoms with van der Waals surface area (Å²) in [5.74, 6) is 3.07. The largest absolute Gasteiger partial charge is 0.393 e. The lowest BCUT2D eigenvalue weighted by molar-refractivity contribution is -0.116. The van der Waals surface area contributed by atoms with Crippen molar-refractivity contribution in [2.75, 3.05) is 0 Å². The number of fused-ring (bicyclic) bond motifs is 3. The van der Waals surface area contributed by atoms with Gasteiger partial charge in [0.2, 0.25) is 0 Å². The van der Waals surface area contributed by atoms with Crippen molar-refractivity contribution in [2.45, 2.75) is 65.4 Å². The second kappa shape index (κ2) is 4.98. The Hall–Kier alpha value is -0.630. The normalized spacial score (nSPS) is 46.2. The highest BCUT2D eigenvalue weighted by Crippen LogP contribution is 2.57. The molecule has 6 atom stereocenters. The Balaban J connectivity index is 1.84. The van der Waals surface area contributed by atoms with E-state index in [2.05, 4.69) is 13.8 Å². The van der Waals surface area contributed by atoms with Crippen LogP contribution in [0, 0.1) is 29.1 Å². The van der Waals surface area contributed by atoms with Crippen LogP contribution in [0.15, 0.2) is 11.6 Å². The molecule has 0 aromatic heterocycles. The lowest BCUT2D eigenvalue weighted by Gasteiger charge is -2.54. The molecule has 0 radical (unpaired) electrons. The number of hydrogen-bond acceptors (Lipinski definition) is 2. The third-order valence-corrected chi connectivity index (χ3v) is 7.01. The van der Waals surface area contributed by atoms with Gasteiger partial charge in [-0.15, -0.1) is 0 Å². The number of rotatable bonds is 1. The average molecular weight is 276 g/mol. The molecule has 2 fully saturated rings. The van der Waals surface area contributed by atoms with Crippen molar-refractivity contribution in [1.82, 2.24) is 0 Å². The highest BCUT2D eigenvalue weighted by atomic mass is 16.3. The maximum Gasteiger partial charge on any atom is 0.155 e. The van der Waals surface area contributed by atoms with Crippen molar-refractivity contribution < 1.29 is 9.90 Å². The number of aliphatic hydroxyl groups excluding tert-OH is 1. The van der Waals surface area contributed by atoms with Gasteiger partial charge >= 0.3 is 0 Å². The highest BCUT2D eigenvalue weighted by molar-refractivity contribution is 5.91. The molecule has 2 nitrogen and oxygen atoms in total. The average Bonchev–Trinajstić information content (AvgIpc) is 2.42. The van der Waals surface area contributed by atoms with Gasteiger partial charge in [0.15, 0.2) is 5.78 Å². The second-order valence-corrected chi connectivity index (χ2v) is 7.71. The molecule has 0 heterocycles. The Kier molecular flexibility index (Phi) is 3.56. The molecule has 2 saturated carbocycles. The molecule has 1 N–H and O–H groups in total. The first-order valence-corrected chi connectivity index (χ1v) is 8.35. The predicted octanol–water partition coefficient (Wildman–Crippen LogP) is 3.74. The van der Waals surface area contributed by atoms with Gasteiger partial charge < -0.3 is 5.11 Å². The molecule has 3 aliphatic rings. The Bertz CT molecular complexity index is 437. The van der Waals surface area contributed by atoms with Crippen molar-refractivity contribution in [3.05, 3.63) is 11.6 Å². The van der Waals surface area contributed by atoms with Crippen LogP contribution in [0.4, 0.5) is 0 Å². The summed E-state index contributed by atoms with van der Waals surface area (Å²) in [5.41, 5.74) is 1.52. The van der Waals surface area contributed by atoms with Crippen LogP contribution in [0.25, 0.3) is 0 Å². The van der Waals surface area contributed by atoms with Crippen LogP contribution in [0.1, 0.15) is 59.3 Å². The molecule has 0 aromatic rings. The van der Waals surface area contributed by atoms with Gasteiger partial charge in [0, 0.05) is 6.42 Å². The summed E-state index contributed by atoms with van der Waals surface area (Å²) >= 11 is 0. The highest BCUT2D eigenvalue weighted by Gasteiger charge is 2.50. The van der Waals surface area contributed by atoms with Crippen LogP contribution in [0.5, 0.6) is 0 Å². The minimum Gasteiger partial charge on any atom is -0.393 e. The molecule has 5 unspecified atom stereocenters. The summed E-state index contributed by atoms with van der Waals surface area (Å²) in [5, 5.41) is 10.2. The predicted molar refractivity (Wildman–Crippen MR) is 80.2 cm³/mol. The minimum atomic E-state index is -0.219. The van der Waals surface area contributed by atoms with Gasteiger partial charge in [0.1, 0.15) is 0 Å². The van der Waals surface area contributed by atoms with Gasteiger partial charge in [-0.1, -0.05) is 19.4 Å². The van der Waals surface area contributed by atoms with E-state index in [1.165, 1.54) is 18.4 Å². The van der Waals surface area contributed by atoms with E-state index in [0.29, 0.717) is 17.6 Å². The topological polar surface area (TPSA) is 37.3 Å². The van der Waals surface area contributed by atoms with Crippen LogP contribution in [0.2, 0.25) is 0 Å². The van der Waals surface area contributed by atoms with E-state index in [0.717, 1.165) is 37.5 Å².